The Labute approximate surface area is 151 Å². The minimum Gasteiger partial charge on any atom is -0.495 e. The number of rotatable bonds is 5. The lowest BCUT2D eigenvalue weighted by Gasteiger charge is -2.18. The summed E-state index contributed by atoms with van der Waals surface area (Å²) in [6.07, 6.45) is 0.371. The summed E-state index contributed by atoms with van der Waals surface area (Å²) < 4.78 is 27.9. The topological polar surface area (TPSA) is 114 Å². The summed E-state index contributed by atoms with van der Waals surface area (Å²) >= 11 is 5.90. The second-order valence-corrected chi connectivity index (χ2v) is 8.44. The van der Waals surface area contributed by atoms with E-state index in [1.165, 1.54) is 20.1 Å². The molecule has 0 spiro atoms. The second kappa shape index (κ2) is 7.92. The Morgan fingerprint density at radius 3 is 2.68 bits per heavy atom. The molecule has 1 aliphatic heterocycles. The molecule has 1 aromatic rings. The van der Waals surface area contributed by atoms with E-state index < -0.39 is 33.9 Å². The lowest BCUT2D eigenvalue weighted by atomic mass is 10.2. The summed E-state index contributed by atoms with van der Waals surface area (Å²) in [6, 6.07) is 2.90. The van der Waals surface area contributed by atoms with Gasteiger partial charge in [0.1, 0.15) is 11.8 Å². The fraction of sp³-hybridized carbons (Fsp3) is 0.467. The normalized spacial score (nSPS) is 19.7. The Balaban J connectivity index is 1.90. The van der Waals surface area contributed by atoms with Crippen LogP contribution in [-0.2, 0) is 14.6 Å². The molecule has 3 N–H and O–H groups in total. The van der Waals surface area contributed by atoms with Crippen LogP contribution in [0.4, 0.5) is 10.5 Å². The number of urea groups is 1. The van der Waals surface area contributed by atoms with Crippen LogP contribution in [0, 0.1) is 0 Å². The number of hydrogen-bond acceptors (Lipinski definition) is 5. The van der Waals surface area contributed by atoms with Crippen molar-refractivity contribution >= 4 is 39.1 Å². The smallest absolute Gasteiger partial charge is 0.315 e. The Morgan fingerprint density at radius 2 is 2.08 bits per heavy atom. The van der Waals surface area contributed by atoms with Crippen LogP contribution in [0.3, 0.4) is 0 Å². The standard InChI is InChI=1S/C15H20ClN3O5S/c1-9(17-15(21)18-11-5-6-25(22,23)8-11)14(20)19-12-7-10(16)3-4-13(12)24-2/h3-4,7,9,11H,5-6,8H2,1-2H3,(H,19,20)(H2,17,18,21)/t9-,11-/m0/s1. The first-order chi connectivity index (χ1) is 11.7. The maximum absolute atomic E-state index is 12.2. The van der Waals surface area contributed by atoms with E-state index in [4.69, 9.17) is 16.3 Å². The number of sulfone groups is 1. The van der Waals surface area contributed by atoms with E-state index in [1.54, 1.807) is 12.1 Å². The van der Waals surface area contributed by atoms with E-state index in [2.05, 4.69) is 16.0 Å². The molecule has 3 amide bonds. The molecular weight excluding hydrogens is 370 g/mol. The molecule has 2 atom stereocenters. The predicted octanol–water partition coefficient (Wildman–Crippen LogP) is 1.16. The molecule has 8 nitrogen and oxygen atoms in total. The summed E-state index contributed by atoms with van der Waals surface area (Å²) in [5.41, 5.74) is 0.385. The van der Waals surface area contributed by atoms with Crippen LogP contribution in [0.2, 0.25) is 5.02 Å². The molecule has 0 unspecified atom stereocenters. The van der Waals surface area contributed by atoms with Gasteiger partial charge in [0.15, 0.2) is 9.84 Å². The van der Waals surface area contributed by atoms with Crippen molar-refractivity contribution < 1.29 is 22.7 Å². The number of methoxy groups -OCH3 is 1. The van der Waals surface area contributed by atoms with Gasteiger partial charge in [-0.25, -0.2) is 13.2 Å². The minimum atomic E-state index is -3.09. The molecule has 0 aliphatic carbocycles. The zero-order chi connectivity index (χ0) is 18.6. The quantitative estimate of drug-likeness (QED) is 0.699. The summed E-state index contributed by atoms with van der Waals surface area (Å²) in [6.45, 7) is 1.51. The van der Waals surface area contributed by atoms with Crippen molar-refractivity contribution in [2.45, 2.75) is 25.4 Å². The minimum absolute atomic E-state index is 0.0581. The van der Waals surface area contributed by atoms with Gasteiger partial charge in [-0.3, -0.25) is 4.79 Å². The van der Waals surface area contributed by atoms with Gasteiger partial charge in [0, 0.05) is 11.1 Å². The van der Waals surface area contributed by atoms with Gasteiger partial charge in [-0.05, 0) is 31.5 Å². The summed E-state index contributed by atoms with van der Waals surface area (Å²) in [5, 5.41) is 8.09. The highest BCUT2D eigenvalue weighted by atomic mass is 35.5. The fourth-order valence-electron chi connectivity index (χ4n) is 2.42. The Hall–Kier alpha value is -2.00. The molecule has 0 saturated carbocycles. The average molecular weight is 390 g/mol. The number of halogens is 1. The van der Waals surface area contributed by atoms with Crippen LogP contribution in [-0.4, -0.2) is 51.1 Å². The van der Waals surface area contributed by atoms with E-state index >= 15 is 0 Å². The van der Waals surface area contributed by atoms with Gasteiger partial charge < -0.3 is 20.7 Å². The first kappa shape index (κ1) is 19.3. The molecule has 1 aromatic carbocycles. The van der Waals surface area contributed by atoms with Crippen molar-refractivity contribution in [3.8, 4) is 5.75 Å². The van der Waals surface area contributed by atoms with Gasteiger partial charge >= 0.3 is 6.03 Å². The molecule has 138 valence electrons. The van der Waals surface area contributed by atoms with Crippen LogP contribution >= 0.6 is 11.6 Å². The maximum Gasteiger partial charge on any atom is 0.315 e. The summed E-state index contributed by atoms with van der Waals surface area (Å²) in [4.78, 5) is 24.1. The van der Waals surface area contributed by atoms with Gasteiger partial charge in [-0.15, -0.1) is 0 Å². The first-order valence-electron chi connectivity index (χ1n) is 7.62. The van der Waals surface area contributed by atoms with Gasteiger partial charge in [-0.1, -0.05) is 11.6 Å². The van der Waals surface area contributed by atoms with E-state index in [0.717, 1.165) is 0 Å². The molecule has 0 aromatic heterocycles. The Bertz CT molecular complexity index is 768. The first-order valence-corrected chi connectivity index (χ1v) is 9.82. The van der Waals surface area contributed by atoms with Crippen LogP contribution in [0.1, 0.15) is 13.3 Å². The van der Waals surface area contributed by atoms with Gasteiger partial charge in [0.2, 0.25) is 5.91 Å². The molecule has 1 aliphatic rings. The number of carbonyl (C=O) groups excluding carboxylic acids is 2. The largest absolute Gasteiger partial charge is 0.495 e. The highest BCUT2D eigenvalue weighted by Gasteiger charge is 2.29. The zero-order valence-corrected chi connectivity index (χ0v) is 15.4. The van der Waals surface area contributed by atoms with Gasteiger partial charge in [-0.2, -0.15) is 0 Å². The fourth-order valence-corrected chi connectivity index (χ4v) is 4.26. The monoisotopic (exact) mass is 389 g/mol. The van der Waals surface area contributed by atoms with E-state index in [9.17, 15) is 18.0 Å². The van der Waals surface area contributed by atoms with E-state index in [1.807, 2.05) is 0 Å². The van der Waals surface area contributed by atoms with Crippen molar-refractivity contribution in [1.29, 1.82) is 0 Å². The molecule has 1 saturated heterocycles. The zero-order valence-electron chi connectivity index (χ0n) is 13.8. The Kier molecular flexibility index (Phi) is 6.12. The van der Waals surface area contributed by atoms with Crippen LogP contribution in [0.25, 0.3) is 0 Å². The SMILES string of the molecule is COc1ccc(Cl)cc1NC(=O)[C@H](C)NC(=O)N[C@H]1CCS(=O)(=O)C1. The van der Waals surface area contributed by atoms with Crippen molar-refractivity contribution in [1.82, 2.24) is 10.6 Å². The molecule has 10 heteroatoms. The Morgan fingerprint density at radius 1 is 1.36 bits per heavy atom. The molecule has 2 rings (SSSR count). The van der Waals surface area contributed by atoms with Crippen molar-refractivity contribution in [2.75, 3.05) is 23.9 Å². The van der Waals surface area contributed by atoms with Crippen molar-refractivity contribution in [2.24, 2.45) is 0 Å². The molecule has 0 bridgehead atoms. The third-order valence-electron chi connectivity index (χ3n) is 3.73. The molecule has 1 fully saturated rings. The molecule has 0 radical (unpaired) electrons. The molecule has 25 heavy (non-hydrogen) atoms. The highest BCUT2D eigenvalue weighted by molar-refractivity contribution is 7.91. The van der Waals surface area contributed by atoms with Crippen LogP contribution in [0.5, 0.6) is 5.75 Å². The molecule has 1 heterocycles. The second-order valence-electron chi connectivity index (χ2n) is 5.77. The van der Waals surface area contributed by atoms with Gasteiger partial charge in [0.05, 0.1) is 24.3 Å². The number of nitrogens with one attached hydrogen (secondary N) is 3. The molecular formula is C15H20ClN3O5S. The van der Waals surface area contributed by atoms with Gasteiger partial charge in [0.25, 0.3) is 0 Å². The third kappa shape index (κ3) is 5.50. The number of hydrogen-bond donors (Lipinski definition) is 3. The summed E-state index contributed by atoms with van der Waals surface area (Å²) in [5.74, 6) is -0.0520. The average Bonchev–Trinajstić information content (AvgIpc) is 2.86. The number of anilines is 1. The third-order valence-corrected chi connectivity index (χ3v) is 5.73. The lowest BCUT2D eigenvalue weighted by Crippen LogP contribution is -2.49. The number of carbonyl (C=O) groups is 2. The van der Waals surface area contributed by atoms with E-state index in [-0.39, 0.29) is 11.5 Å². The predicted molar refractivity (Wildman–Crippen MR) is 94.8 cm³/mol. The lowest BCUT2D eigenvalue weighted by molar-refractivity contribution is -0.117. The van der Waals surface area contributed by atoms with Crippen molar-refractivity contribution in [3.63, 3.8) is 0 Å². The van der Waals surface area contributed by atoms with Crippen LogP contribution < -0.4 is 20.7 Å². The maximum atomic E-state index is 12.2. The summed E-state index contributed by atoms with van der Waals surface area (Å²) in [7, 11) is -1.62. The number of ether oxygens (including phenoxy) is 1. The highest BCUT2D eigenvalue weighted by Crippen LogP contribution is 2.27. The van der Waals surface area contributed by atoms with Crippen molar-refractivity contribution in [3.05, 3.63) is 23.2 Å². The number of amides is 3. The van der Waals surface area contributed by atoms with E-state index in [0.29, 0.717) is 22.9 Å². The number of benzene rings is 1. The van der Waals surface area contributed by atoms with Crippen LogP contribution in [0.15, 0.2) is 18.2 Å².